The molecule has 0 radical (unpaired) electrons. The van der Waals surface area contributed by atoms with Gasteiger partial charge in [-0.25, -0.2) is 0 Å². The van der Waals surface area contributed by atoms with Crippen LogP contribution in [0.25, 0.3) is 0 Å². The molecule has 22 heavy (non-hydrogen) atoms. The fourth-order valence-corrected chi connectivity index (χ4v) is 4.49. The van der Waals surface area contributed by atoms with Crippen LogP contribution < -0.4 is 0 Å². The van der Waals surface area contributed by atoms with Crippen LogP contribution in [0, 0.1) is 19.8 Å². The first kappa shape index (κ1) is 15.5. The summed E-state index contributed by atoms with van der Waals surface area (Å²) in [5.74, 6) is 0.672. The van der Waals surface area contributed by atoms with Crippen molar-refractivity contribution < 1.29 is 9.59 Å². The first-order valence-electron chi connectivity index (χ1n) is 8.21. The topological polar surface area (TPSA) is 40.6 Å². The van der Waals surface area contributed by atoms with E-state index in [2.05, 4.69) is 0 Å². The maximum absolute atomic E-state index is 12.6. The van der Waals surface area contributed by atoms with Crippen molar-refractivity contribution in [2.24, 2.45) is 5.92 Å². The number of thiophene rings is 1. The number of piperazine rings is 1. The molecular weight excluding hydrogens is 296 g/mol. The van der Waals surface area contributed by atoms with Gasteiger partial charge in [0.05, 0.1) is 5.56 Å². The van der Waals surface area contributed by atoms with Crippen molar-refractivity contribution in [3.63, 3.8) is 0 Å². The lowest BCUT2D eigenvalue weighted by Gasteiger charge is -2.36. The molecule has 0 aromatic carbocycles. The predicted octanol–water partition coefficient (Wildman–Crippen LogP) is 2.84. The SMILES string of the molecule is Cc1cc(C(=O)N2CCN(C(=O)C3CCCC3)CC2)c(C)s1. The first-order chi connectivity index (χ1) is 10.6. The predicted molar refractivity (Wildman–Crippen MR) is 88.2 cm³/mol. The molecule has 0 bridgehead atoms. The summed E-state index contributed by atoms with van der Waals surface area (Å²) in [7, 11) is 0. The molecule has 2 amide bonds. The lowest BCUT2D eigenvalue weighted by Crippen LogP contribution is -2.51. The monoisotopic (exact) mass is 320 g/mol. The highest BCUT2D eigenvalue weighted by atomic mass is 32.1. The number of carbonyl (C=O) groups is 2. The highest BCUT2D eigenvalue weighted by Crippen LogP contribution is 2.27. The van der Waals surface area contributed by atoms with Gasteiger partial charge in [-0.1, -0.05) is 12.8 Å². The molecule has 0 atom stereocenters. The molecular formula is C17H24N2O2S. The van der Waals surface area contributed by atoms with Crippen LogP contribution in [0.5, 0.6) is 0 Å². The Morgan fingerprint density at radius 3 is 2.18 bits per heavy atom. The van der Waals surface area contributed by atoms with Gasteiger partial charge >= 0.3 is 0 Å². The average Bonchev–Trinajstić information content (AvgIpc) is 3.15. The molecule has 120 valence electrons. The molecule has 1 saturated carbocycles. The van der Waals surface area contributed by atoms with E-state index in [0.29, 0.717) is 32.1 Å². The summed E-state index contributed by atoms with van der Waals surface area (Å²) in [6.07, 6.45) is 4.47. The maximum atomic E-state index is 12.6. The van der Waals surface area contributed by atoms with Crippen molar-refractivity contribution in [2.45, 2.75) is 39.5 Å². The van der Waals surface area contributed by atoms with Gasteiger partial charge in [0.2, 0.25) is 5.91 Å². The molecule has 4 nitrogen and oxygen atoms in total. The normalized spacial score (nSPS) is 19.7. The Hall–Kier alpha value is -1.36. The van der Waals surface area contributed by atoms with Gasteiger partial charge in [0.25, 0.3) is 5.91 Å². The molecule has 2 fully saturated rings. The molecule has 0 unspecified atom stereocenters. The van der Waals surface area contributed by atoms with E-state index in [9.17, 15) is 9.59 Å². The lowest BCUT2D eigenvalue weighted by atomic mass is 10.1. The van der Waals surface area contributed by atoms with Crippen molar-refractivity contribution in [1.29, 1.82) is 0 Å². The number of rotatable bonds is 2. The summed E-state index contributed by atoms with van der Waals surface area (Å²) in [5, 5.41) is 0. The quantitative estimate of drug-likeness (QED) is 0.841. The Bertz CT molecular complexity index is 567. The van der Waals surface area contributed by atoms with E-state index in [1.165, 1.54) is 17.7 Å². The van der Waals surface area contributed by atoms with E-state index in [1.807, 2.05) is 29.7 Å². The van der Waals surface area contributed by atoms with E-state index < -0.39 is 0 Å². The number of hydrogen-bond acceptors (Lipinski definition) is 3. The van der Waals surface area contributed by atoms with Crippen molar-refractivity contribution >= 4 is 23.2 Å². The largest absolute Gasteiger partial charge is 0.339 e. The van der Waals surface area contributed by atoms with Gasteiger partial charge in [0.1, 0.15) is 0 Å². The Balaban J connectivity index is 1.58. The van der Waals surface area contributed by atoms with Crippen molar-refractivity contribution in [2.75, 3.05) is 26.2 Å². The van der Waals surface area contributed by atoms with Gasteiger partial charge < -0.3 is 9.80 Å². The Morgan fingerprint density at radius 2 is 1.64 bits per heavy atom. The molecule has 0 N–H and O–H groups in total. The van der Waals surface area contributed by atoms with E-state index in [-0.39, 0.29) is 11.8 Å². The standard InChI is InChI=1S/C17H24N2O2S/c1-12-11-15(13(2)22-12)17(21)19-9-7-18(8-10-19)16(20)14-5-3-4-6-14/h11,14H,3-10H2,1-2H3. The zero-order valence-corrected chi connectivity index (χ0v) is 14.2. The summed E-state index contributed by atoms with van der Waals surface area (Å²) in [5.41, 5.74) is 0.832. The van der Waals surface area contributed by atoms with Crippen LogP contribution in [0.4, 0.5) is 0 Å². The van der Waals surface area contributed by atoms with E-state index >= 15 is 0 Å². The lowest BCUT2D eigenvalue weighted by molar-refractivity contribution is -0.136. The van der Waals surface area contributed by atoms with E-state index in [0.717, 1.165) is 23.3 Å². The second-order valence-corrected chi connectivity index (χ2v) is 7.89. The van der Waals surface area contributed by atoms with Crippen LogP contribution >= 0.6 is 11.3 Å². The molecule has 1 aliphatic heterocycles. The number of aryl methyl sites for hydroxylation is 2. The molecule has 2 aliphatic rings. The van der Waals surface area contributed by atoms with Crippen molar-refractivity contribution in [3.8, 4) is 0 Å². The number of nitrogens with zero attached hydrogens (tertiary/aromatic N) is 2. The molecule has 5 heteroatoms. The summed E-state index contributed by atoms with van der Waals surface area (Å²) in [4.78, 5) is 31.2. The van der Waals surface area contributed by atoms with Gasteiger partial charge in [0.15, 0.2) is 0 Å². The molecule has 1 aromatic rings. The fraction of sp³-hybridized carbons (Fsp3) is 0.647. The summed E-state index contributed by atoms with van der Waals surface area (Å²) >= 11 is 1.67. The van der Waals surface area contributed by atoms with Crippen LogP contribution in [-0.2, 0) is 4.79 Å². The molecule has 1 aromatic heterocycles. The molecule has 1 saturated heterocycles. The second kappa shape index (κ2) is 6.41. The highest BCUT2D eigenvalue weighted by Gasteiger charge is 2.31. The Kier molecular flexibility index (Phi) is 4.52. The number of hydrogen-bond donors (Lipinski definition) is 0. The van der Waals surface area contributed by atoms with Gasteiger partial charge in [-0.05, 0) is 32.8 Å². The van der Waals surface area contributed by atoms with Crippen molar-refractivity contribution in [3.05, 3.63) is 21.4 Å². The highest BCUT2D eigenvalue weighted by molar-refractivity contribution is 7.12. The van der Waals surface area contributed by atoms with Gasteiger partial charge in [0, 0.05) is 41.9 Å². The van der Waals surface area contributed by atoms with Gasteiger partial charge in [-0.15, -0.1) is 11.3 Å². The Labute approximate surface area is 136 Å². The van der Waals surface area contributed by atoms with Crippen LogP contribution in [0.15, 0.2) is 6.07 Å². The first-order valence-corrected chi connectivity index (χ1v) is 9.03. The maximum Gasteiger partial charge on any atom is 0.255 e. The zero-order chi connectivity index (χ0) is 15.7. The second-order valence-electron chi connectivity index (χ2n) is 6.43. The molecule has 0 spiro atoms. The third-order valence-corrected chi connectivity index (χ3v) is 5.82. The fourth-order valence-electron chi connectivity index (χ4n) is 3.57. The van der Waals surface area contributed by atoms with Crippen LogP contribution in [0.1, 0.15) is 45.8 Å². The van der Waals surface area contributed by atoms with Gasteiger partial charge in [-0.2, -0.15) is 0 Å². The smallest absolute Gasteiger partial charge is 0.255 e. The molecule has 2 heterocycles. The third-order valence-electron chi connectivity index (χ3n) is 4.85. The van der Waals surface area contributed by atoms with Crippen molar-refractivity contribution in [1.82, 2.24) is 9.80 Å². The summed E-state index contributed by atoms with van der Waals surface area (Å²) < 4.78 is 0. The average molecular weight is 320 g/mol. The van der Waals surface area contributed by atoms with Gasteiger partial charge in [-0.3, -0.25) is 9.59 Å². The van der Waals surface area contributed by atoms with Crippen LogP contribution in [-0.4, -0.2) is 47.8 Å². The molecule has 3 rings (SSSR count). The molecule has 1 aliphatic carbocycles. The zero-order valence-electron chi connectivity index (χ0n) is 13.4. The van der Waals surface area contributed by atoms with E-state index in [1.54, 1.807) is 11.3 Å². The van der Waals surface area contributed by atoms with E-state index in [4.69, 9.17) is 0 Å². The number of carbonyl (C=O) groups excluding carboxylic acids is 2. The summed E-state index contributed by atoms with van der Waals surface area (Å²) in [6, 6.07) is 1.98. The Morgan fingerprint density at radius 1 is 1.05 bits per heavy atom. The summed E-state index contributed by atoms with van der Waals surface area (Å²) in [6.45, 7) is 6.72. The minimum atomic E-state index is 0.120. The third kappa shape index (κ3) is 3.05. The van der Waals surface area contributed by atoms with Crippen LogP contribution in [0.2, 0.25) is 0 Å². The minimum Gasteiger partial charge on any atom is -0.339 e. The number of amides is 2. The minimum absolute atomic E-state index is 0.120. The van der Waals surface area contributed by atoms with Crippen LogP contribution in [0.3, 0.4) is 0 Å².